The third-order valence-corrected chi connectivity index (χ3v) is 5.31. The Kier molecular flexibility index (Phi) is 6.33. The van der Waals surface area contributed by atoms with Gasteiger partial charge in [-0.15, -0.1) is 11.8 Å². The normalized spacial score (nSPS) is 14.4. The number of amides is 2. The second kappa shape index (κ2) is 8.74. The highest BCUT2D eigenvalue weighted by atomic mass is 32.2. The molecular formula is C23H25NO4S. The molecule has 0 radical (unpaired) electrons. The summed E-state index contributed by atoms with van der Waals surface area (Å²) < 4.78 is 10.9. The minimum atomic E-state index is -0.330. The predicted octanol–water partition coefficient (Wildman–Crippen LogP) is 4.91. The molecule has 2 aromatic rings. The van der Waals surface area contributed by atoms with E-state index in [0.717, 1.165) is 5.75 Å². The Labute approximate surface area is 175 Å². The highest BCUT2D eigenvalue weighted by Crippen LogP contribution is 2.40. The van der Waals surface area contributed by atoms with Crippen molar-refractivity contribution in [1.29, 1.82) is 0 Å². The zero-order chi connectivity index (χ0) is 21.1. The lowest BCUT2D eigenvalue weighted by atomic mass is 10.1. The van der Waals surface area contributed by atoms with Crippen molar-refractivity contribution in [1.82, 2.24) is 0 Å². The van der Waals surface area contributed by atoms with Gasteiger partial charge in [-0.3, -0.25) is 9.59 Å². The van der Waals surface area contributed by atoms with E-state index in [4.69, 9.17) is 9.47 Å². The van der Waals surface area contributed by atoms with Gasteiger partial charge in [0.2, 0.25) is 0 Å². The standard InChI is InChI=1S/C23H25NO4S/c1-14(2)28-18-11-9-16(10-12-18)20-21(29-15(3)4)23(26)24(22(20)25)17-7-6-8-19(13-17)27-5/h6-15H,1-5H3. The molecular weight excluding hydrogens is 386 g/mol. The first-order valence-corrected chi connectivity index (χ1v) is 10.4. The maximum absolute atomic E-state index is 13.3. The van der Waals surface area contributed by atoms with Crippen LogP contribution in [0.3, 0.4) is 0 Å². The molecule has 29 heavy (non-hydrogen) atoms. The number of carbonyl (C=O) groups is 2. The number of nitrogens with zero attached hydrogens (tertiary/aromatic N) is 1. The summed E-state index contributed by atoms with van der Waals surface area (Å²) in [6.07, 6.45) is 0.0605. The van der Waals surface area contributed by atoms with Crippen molar-refractivity contribution in [2.45, 2.75) is 39.0 Å². The number of benzene rings is 2. The first-order chi connectivity index (χ1) is 13.8. The summed E-state index contributed by atoms with van der Waals surface area (Å²) >= 11 is 1.41. The SMILES string of the molecule is COc1cccc(N2C(=O)C(SC(C)C)=C(c3ccc(OC(C)C)cc3)C2=O)c1. The van der Waals surface area contributed by atoms with Crippen LogP contribution >= 0.6 is 11.8 Å². The number of imide groups is 1. The summed E-state index contributed by atoms with van der Waals surface area (Å²) in [4.78, 5) is 28.2. The molecule has 152 valence electrons. The molecule has 0 bridgehead atoms. The van der Waals surface area contributed by atoms with Crippen molar-refractivity contribution >= 4 is 34.8 Å². The van der Waals surface area contributed by atoms with Crippen LogP contribution < -0.4 is 14.4 Å². The number of ether oxygens (including phenoxy) is 2. The third-order valence-electron chi connectivity index (χ3n) is 4.22. The lowest BCUT2D eigenvalue weighted by Crippen LogP contribution is -2.31. The molecule has 3 rings (SSSR count). The van der Waals surface area contributed by atoms with Gasteiger partial charge in [0.05, 0.1) is 29.4 Å². The molecule has 6 heteroatoms. The number of hydrogen-bond acceptors (Lipinski definition) is 5. The van der Waals surface area contributed by atoms with Crippen LogP contribution in [0.5, 0.6) is 11.5 Å². The highest BCUT2D eigenvalue weighted by Gasteiger charge is 2.40. The van der Waals surface area contributed by atoms with Crippen molar-refractivity contribution in [3.05, 3.63) is 59.0 Å². The number of rotatable bonds is 7. The molecule has 2 aromatic carbocycles. The summed E-state index contributed by atoms with van der Waals surface area (Å²) in [5, 5.41) is 0.158. The Morgan fingerprint density at radius 3 is 2.17 bits per heavy atom. The molecule has 1 heterocycles. The Morgan fingerprint density at radius 1 is 0.897 bits per heavy atom. The number of methoxy groups -OCH3 is 1. The zero-order valence-electron chi connectivity index (χ0n) is 17.3. The Hall–Kier alpha value is -2.73. The van der Waals surface area contributed by atoms with Crippen LogP contribution in [-0.4, -0.2) is 30.3 Å². The first-order valence-electron chi connectivity index (χ1n) is 9.52. The van der Waals surface area contributed by atoms with E-state index in [1.807, 2.05) is 52.0 Å². The smallest absolute Gasteiger partial charge is 0.272 e. The van der Waals surface area contributed by atoms with Gasteiger partial charge in [-0.2, -0.15) is 0 Å². The Morgan fingerprint density at radius 2 is 1.59 bits per heavy atom. The lowest BCUT2D eigenvalue weighted by molar-refractivity contribution is -0.119. The molecule has 2 amide bonds. The fourth-order valence-electron chi connectivity index (χ4n) is 3.07. The molecule has 0 unspecified atom stereocenters. The van der Waals surface area contributed by atoms with E-state index in [0.29, 0.717) is 27.5 Å². The third kappa shape index (κ3) is 4.48. The molecule has 0 spiro atoms. The fraction of sp³-hybridized carbons (Fsp3) is 0.304. The summed E-state index contributed by atoms with van der Waals surface area (Å²) in [6.45, 7) is 7.92. The van der Waals surface area contributed by atoms with Gasteiger partial charge < -0.3 is 9.47 Å². The van der Waals surface area contributed by atoms with E-state index in [1.165, 1.54) is 16.7 Å². The highest BCUT2D eigenvalue weighted by molar-refractivity contribution is 8.04. The molecule has 0 aliphatic carbocycles. The van der Waals surface area contributed by atoms with Gasteiger partial charge in [0.15, 0.2) is 0 Å². The van der Waals surface area contributed by atoms with Gasteiger partial charge in [0.25, 0.3) is 11.8 Å². The molecule has 5 nitrogen and oxygen atoms in total. The van der Waals surface area contributed by atoms with Crippen LogP contribution in [0.15, 0.2) is 53.4 Å². The summed E-state index contributed by atoms with van der Waals surface area (Å²) in [7, 11) is 1.55. The quantitative estimate of drug-likeness (QED) is 0.606. The second-order valence-electron chi connectivity index (χ2n) is 7.21. The minimum absolute atomic E-state index is 0.0605. The largest absolute Gasteiger partial charge is 0.497 e. The Balaban J connectivity index is 2.02. The Bertz CT molecular complexity index is 948. The van der Waals surface area contributed by atoms with Crippen LogP contribution in [0.25, 0.3) is 5.57 Å². The maximum atomic E-state index is 13.3. The predicted molar refractivity (Wildman–Crippen MR) is 117 cm³/mol. The topological polar surface area (TPSA) is 55.8 Å². The van der Waals surface area contributed by atoms with Crippen LogP contribution in [0.4, 0.5) is 5.69 Å². The monoisotopic (exact) mass is 411 g/mol. The van der Waals surface area contributed by atoms with E-state index in [1.54, 1.807) is 31.4 Å². The van der Waals surface area contributed by atoms with Crippen molar-refractivity contribution in [2.24, 2.45) is 0 Å². The van der Waals surface area contributed by atoms with Gasteiger partial charge in [-0.05, 0) is 43.7 Å². The van der Waals surface area contributed by atoms with E-state index < -0.39 is 0 Å². The van der Waals surface area contributed by atoms with Gasteiger partial charge in [-0.25, -0.2) is 4.90 Å². The molecule has 1 aliphatic rings. The fourth-order valence-corrected chi connectivity index (χ4v) is 4.05. The van der Waals surface area contributed by atoms with Crippen molar-refractivity contribution < 1.29 is 19.1 Å². The molecule has 0 N–H and O–H groups in total. The zero-order valence-corrected chi connectivity index (χ0v) is 18.1. The molecule has 1 aliphatic heterocycles. The van der Waals surface area contributed by atoms with Gasteiger partial charge in [-0.1, -0.05) is 32.0 Å². The maximum Gasteiger partial charge on any atom is 0.272 e. The van der Waals surface area contributed by atoms with Crippen LogP contribution in [0.2, 0.25) is 0 Å². The first kappa shape index (κ1) is 21.0. The summed E-state index contributed by atoms with van der Waals surface area (Å²) in [5.74, 6) is 0.678. The lowest BCUT2D eigenvalue weighted by Gasteiger charge is -2.16. The molecule has 0 fully saturated rings. The summed E-state index contributed by atoms with van der Waals surface area (Å²) in [6, 6.07) is 14.3. The van der Waals surface area contributed by atoms with Crippen LogP contribution in [-0.2, 0) is 9.59 Å². The van der Waals surface area contributed by atoms with Crippen molar-refractivity contribution in [3.8, 4) is 11.5 Å². The van der Waals surface area contributed by atoms with E-state index in [2.05, 4.69) is 0 Å². The van der Waals surface area contributed by atoms with Crippen molar-refractivity contribution in [2.75, 3.05) is 12.0 Å². The van der Waals surface area contributed by atoms with Gasteiger partial charge in [0.1, 0.15) is 11.5 Å². The number of carbonyl (C=O) groups excluding carboxylic acids is 2. The van der Waals surface area contributed by atoms with Crippen LogP contribution in [0, 0.1) is 0 Å². The minimum Gasteiger partial charge on any atom is -0.497 e. The van der Waals surface area contributed by atoms with E-state index >= 15 is 0 Å². The van der Waals surface area contributed by atoms with Crippen LogP contribution in [0.1, 0.15) is 33.3 Å². The van der Waals surface area contributed by atoms with E-state index in [9.17, 15) is 9.59 Å². The number of hydrogen-bond donors (Lipinski definition) is 0. The molecule has 0 aromatic heterocycles. The van der Waals surface area contributed by atoms with E-state index in [-0.39, 0.29) is 23.2 Å². The van der Waals surface area contributed by atoms with Gasteiger partial charge >= 0.3 is 0 Å². The van der Waals surface area contributed by atoms with Gasteiger partial charge in [0, 0.05) is 11.3 Å². The average Bonchev–Trinajstić information content (AvgIpc) is 2.91. The molecule has 0 atom stereocenters. The average molecular weight is 412 g/mol. The second-order valence-corrected chi connectivity index (χ2v) is 8.80. The summed E-state index contributed by atoms with van der Waals surface area (Å²) in [5.41, 5.74) is 1.62. The van der Waals surface area contributed by atoms with Crippen molar-refractivity contribution in [3.63, 3.8) is 0 Å². The molecule has 0 saturated heterocycles. The molecule has 0 saturated carbocycles. The number of anilines is 1. The number of thioether (sulfide) groups is 1.